The van der Waals surface area contributed by atoms with E-state index in [1.54, 1.807) is 6.07 Å². The molecule has 3 aliphatic rings. The quantitative estimate of drug-likeness (QED) is 0.393. The molecule has 0 spiro atoms. The molecule has 5 nitrogen and oxygen atoms in total. The Morgan fingerprint density at radius 1 is 1.38 bits per heavy atom. The van der Waals surface area contributed by atoms with Crippen molar-refractivity contribution in [2.24, 2.45) is 11.1 Å². The molecule has 0 saturated carbocycles. The van der Waals surface area contributed by atoms with Gasteiger partial charge in [0.15, 0.2) is 0 Å². The van der Waals surface area contributed by atoms with E-state index in [-0.39, 0.29) is 5.97 Å². The van der Waals surface area contributed by atoms with Gasteiger partial charge in [-0.2, -0.15) is 0 Å². The first kappa shape index (κ1) is 13.7. The maximum atomic E-state index is 11.2. The average Bonchev–Trinajstić information content (AvgIpc) is 2.50. The molecule has 0 aliphatic carbocycles. The molecule has 5 heteroatoms. The summed E-state index contributed by atoms with van der Waals surface area (Å²) in [6, 6.07) is 7.38. The third kappa shape index (κ3) is 2.63. The SMILES string of the molecule is CC(=O)Oc1ccccc1/C=C1/C(=N/O)C2CCN1CC2. The van der Waals surface area contributed by atoms with Crippen LogP contribution in [0.25, 0.3) is 6.08 Å². The Morgan fingerprint density at radius 2 is 2.10 bits per heavy atom. The van der Waals surface area contributed by atoms with Crippen LogP contribution in [0.15, 0.2) is 35.1 Å². The van der Waals surface area contributed by atoms with E-state index in [9.17, 15) is 10.0 Å². The van der Waals surface area contributed by atoms with E-state index in [2.05, 4.69) is 10.1 Å². The fourth-order valence-corrected chi connectivity index (χ4v) is 3.06. The molecule has 1 aromatic rings. The maximum Gasteiger partial charge on any atom is 0.308 e. The lowest BCUT2D eigenvalue weighted by Crippen LogP contribution is -2.46. The number of allylic oxidation sites excluding steroid dienone is 1. The van der Waals surface area contributed by atoms with Crippen molar-refractivity contribution in [1.82, 2.24) is 4.90 Å². The summed E-state index contributed by atoms with van der Waals surface area (Å²) >= 11 is 0. The molecule has 4 rings (SSSR count). The number of carbonyl (C=O) groups excluding carboxylic acids is 1. The molecular formula is C16H18N2O3. The second-order valence-corrected chi connectivity index (χ2v) is 5.41. The Morgan fingerprint density at radius 3 is 2.76 bits per heavy atom. The number of hydrogen-bond donors (Lipinski definition) is 1. The van der Waals surface area contributed by atoms with Crippen molar-refractivity contribution in [3.8, 4) is 5.75 Å². The number of para-hydroxylation sites is 1. The fourth-order valence-electron chi connectivity index (χ4n) is 3.06. The zero-order chi connectivity index (χ0) is 14.8. The van der Waals surface area contributed by atoms with Gasteiger partial charge < -0.3 is 14.8 Å². The topological polar surface area (TPSA) is 62.1 Å². The van der Waals surface area contributed by atoms with Crippen LogP contribution in [0.3, 0.4) is 0 Å². The second kappa shape index (κ2) is 5.60. The van der Waals surface area contributed by atoms with Crippen LogP contribution in [0.4, 0.5) is 0 Å². The number of nitrogens with zero attached hydrogens (tertiary/aromatic N) is 2. The van der Waals surface area contributed by atoms with Gasteiger partial charge in [0.2, 0.25) is 0 Å². The number of carbonyl (C=O) groups is 1. The van der Waals surface area contributed by atoms with E-state index in [1.807, 2.05) is 24.3 Å². The summed E-state index contributed by atoms with van der Waals surface area (Å²) in [5, 5.41) is 12.8. The molecule has 0 radical (unpaired) electrons. The lowest BCUT2D eigenvalue weighted by Gasteiger charge is -2.42. The lowest BCUT2D eigenvalue weighted by molar-refractivity contribution is -0.131. The van der Waals surface area contributed by atoms with E-state index in [0.29, 0.717) is 11.7 Å². The van der Waals surface area contributed by atoms with Crippen LogP contribution in [-0.4, -0.2) is 34.9 Å². The van der Waals surface area contributed by atoms with Gasteiger partial charge in [-0.05, 0) is 25.0 Å². The fraction of sp³-hybridized carbons (Fsp3) is 0.375. The molecule has 1 aromatic carbocycles. The molecule has 21 heavy (non-hydrogen) atoms. The number of benzene rings is 1. The van der Waals surface area contributed by atoms with Gasteiger partial charge in [-0.25, -0.2) is 0 Å². The molecule has 3 heterocycles. The Kier molecular flexibility index (Phi) is 3.64. The standard InChI is InChI=1S/C16H18N2O3/c1-11(19)21-15-5-3-2-4-13(15)10-14-16(17-20)12-6-8-18(14)9-7-12/h2-5,10,12,20H,6-9H2,1H3/b14-10-,17-16+. The summed E-state index contributed by atoms with van der Waals surface area (Å²) in [5.74, 6) is 0.506. The van der Waals surface area contributed by atoms with E-state index in [1.165, 1.54) is 6.92 Å². The van der Waals surface area contributed by atoms with Gasteiger partial charge in [-0.15, -0.1) is 0 Å². The first-order valence-electron chi connectivity index (χ1n) is 7.15. The van der Waals surface area contributed by atoms with E-state index >= 15 is 0 Å². The summed E-state index contributed by atoms with van der Waals surface area (Å²) in [5.41, 5.74) is 2.49. The number of esters is 1. The largest absolute Gasteiger partial charge is 0.426 e. The zero-order valence-corrected chi connectivity index (χ0v) is 12.0. The normalized spacial score (nSPS) is 22.0. The van der Waals surface area contributed by atoms with Crippen molar-refractivity contribution in [3.05, 3.63) is 35.5 Å². The van der Waals surface area contributed by atoms with Gasteiger partial charge in [0.05, 0.1) is 5.70 Å². The van der Waals surface area contributed by atoms with Gasteiger partial charge in [0, 0.05) is 31.5 Å². The van der Waals surface area contributed by atoms with Crippen molar-refractivity contribution in [3.63, 3.8) is 0 Å². The third-order valence-electron chi connectivity index (χ3n) is 4.06. The molecule has 3 aliphatic heterocycles. The minimum atomic E-state index is -0.345. The molecule has 110 valence electrons. The molecule has 1 N–H and O–H groups in total. The summed E-state index contributed by atoms with van der Waals surface area (Å²) in [4.78, 5) is 13.4. The van der Waals surface area contributed by atoms with Gasteiger partial charge in [0.25, 0.3) is 0 Å². The molecular weight excluding hydrogens is 268 g/mol. The van der Waals surface area contributed by atoms with Gasteiger partial charge in [-0.1, -0.05) is 23.4 Å². The Labute approximate surface area is 123 Å². The first-order valence-corrected chi connectivity index (χ1v) is 7.15. The Bertz CT molecular complexity index is 614. The van der Waals surface area contributed by atoms with Crippen molar-refractivity contribution < 1.29 is 14.7 Å². The molecule has 0 unspecified atom stereocenters. The highest BCUT2D eigenvalue weighted by Crippen LogP contribution is 2.34. The second-order valence-electron chi connectivity index (χ2n) is 5.41. The number of fused-ring (bicyclic) bond motifs is 3. The van der Waals surface area contributed by atoms with Crippen LogP contribution >= 0.6 is 0 Å². The monoisotopic (exact) mass is 286 g/mol. The maximum absolute atomic E-state index is 11.2. The number of piperidine rings is 3. The molecule has 0 atom stereocenters. The number of ether oxygens (including phenoxy) is 1. The highest BCUT2D eigenvalue weighted by atomic mass is 16.5. The van der Waals surface area contributed by atoms with Crippen LogP contribution in [0, 0.1) is 5.92 Å². The number of hydrogen-bond acceptors (Lipinski definition) is 5. The smallest absolute Gasteiger partial charge is 0.308 e. The summed E-state index contributed by atoms with van der Waals surface area (Å²) < 4.78 is 5.23. The third-order valence-corrected chi connectivity index (χ3v) is 4.06. The minimum Gasteiger partial charge on any atom is -0.426 e. The molecule has 3 saturated heterocycles. The van der Waals surface area contributed by atoms with E-state index in [0.717, 1.165) is 42.9 Å². The Balaban J connectivity index is 1.99. The van der Waals surface area contributed by atoms with Gasteiger partial charge in [0.1, 0.15) is 11.5 Å². The van der Waals surface area contributed by atoms with Crippen LogP contribution < -0.4 is 4.74 Å². The molecule has 3 fully saturated rings. The summed E-state index contributed by atoms with van der Waals surface area (Å²) in [7, 11) is 0. The lowest BCUT2D eigenvalue weighted by atomic mass is 9.83. The van der Waals surface area contributed by atoms with Crippen molar-refractivity contribution in [2.45, 2.75) is 19.8 Å². The Hall–Kier alpha value is -2.30. The van der Waals surface area contributed by atoms with Crippen molar-refractivity contribution in [2.75, 3.05) is 13.1 Å². The molecule has 0 amide bonds. The highest BCUT2D eigenvalue weighted by molar-refractivity contribution is 6.05. The summed E-state index contributed by atoms with van der Waals surface area (Å²) in [6.45, 7) is 3.34. The van der Waals surface area contributed by atoms with Crippen LogP contribution in [0.1, 0.15) is 25.3 Å². The predicted molar refractivity (Wildman–Crippen MR) is 79.2 cm³/mol. The van der Waals surface area contributed by atoms with Crippen molar-refractivity contribution >= 4 is 17.8 Å². The van der Waals surface area contributed by atoms with Crippen molar-refractivity contribution in [1.29, 1.82) is 0 Å². The first-order chi connectivity index (χ1) is 10.2. The van der Waals surface area contributed by atoms with E-state index < -0.39 is 0 Å². The van der Waals surface area contributed by atoms with Gasteiger partial charge in [-0.3, -0.25) is 4.79 Å². The van der Waals surface area contributed by atoms with Gasteiger partial charge >= 0.3 is 5.97 Å². The number of oxime groups is 1. The molecule has 0 aromatic heterocycles. The highest BCUT2D eigenvalue weighted by Gasteiger charge is 2.35. The van der Waals surface area contributed by atoms with Crippen LogP contribution in [0.5, 0.6) is 5.75 Å². The number of rotatable bonds is 2. The minimum absolute atomic E-state index is 0.326. The van der Waals surface area contributed by atoms with E-state index in [4.69, 9.17) is 4.74 Å². The van der Waals surface area contributed by atoms with Crippen LogP contribution in [0.2, 0.25) is 0 Å². The van der Waals surface area contributed by atoms with Crippen LogP contribution in [-0.2, 0) is 4.79 Å². The predicted octanol–water partition coefficient (Wildman–Crippen LogP) is 2.51. The summed E-state index contributed by atoms with van der Waals surface area (Å²) in [6.07, 6.45) is 4.00. The molecule has 2 bridgehead atoms. The zero-order valence-electron chi connectivity index (χ0n) is 12.0. The average molecular weight is 286 g/mol.